The van der Waals surface area contributed by atoms with Gasteiger partial charge in [-0.3, -0.25) is 0 Å². The molecule has 2 nitrogen and oxygen atoms in total. The van der Waals surface area contributed by atoms with Crippen molar-refractivity contribution in [3.63, 3.8) is 0 Å². The van der Waals surface area contributed by atoms with Crippen molar-refractivity contribution in [2.24, 2.45) is 0 Å². The second-order valence-electron chi connectivity index (χ2n) is 0. The molecule has 0 N–H and O–H groups in total. The summed E-state index contributed by atoms with van der Waals surface area (Å²) in [4.78, 5) is 0. The first-order chi connectivity index (χ1) is 0. The van der Waals surface area contributed by atoms with Crippen LogP contribution in [0, 0.1) is 0 Å². The van der Waals surface area contributed by atoms with Gasteiger partial charge in [0.05, 0.1) is 0 Å². The van der Waals surface area contributed by atoms with Gasteiger partial charge in [0.25, 0.3) is 0 Å². The van der Waals surface area contributed by atoms with Crippen LogP contribution in [0.5, 0.6) is 0 Å². The van der Waals surface area contributed by atoms with Crippen LogP contribution in [0.3, 0.4) is 0 Å². The number of halogens is 1. The van der Waals surface area contributed by atoms with Gasteiger partial charge >= 0.3 is 46.1 Å². The molecule has 0 aromatic heterocycles. The molecule has 0 aliphatic rings. The predicted molar refractivity (Wildman–Crippen MR) is 12.9 cm³/mol. The molecule has 0 aromatic carbocycles. The van der Waals surface area contributed by atoms with Crippen molar-refractivity contribution >= 4 is 46.1 Å². The molecule has 0 rings (SSSR count). The van der Waals surface area contributed by atoms with Crippen molar-refractivity contribution in [1.29, 1.82) is 0 Å². The molecule has 0 aliphatic carbocycles. The van der Waals surface area contributed by atoms with Crippen molar-refractivity contribution in [3.05, 3.63) is 0 Å². The Hall–Kier alpha value is 1.97. The van der Waals surface area contributed by atoms with E-state index in [1.807, 2.05) is 0 Å². The van der Waals surface area contributed by atoms with Crippen LogP contribution in [0.2, 0.25) is 0 Å². The van der Waals surface area contributed by atoms with Gasteiger partial charge in [-0.25, -0.2) is 0 Å². The summed E-state index contributed by atoms with van der Waals surface area (Å²) in [6.07, 6.45) is 0. The van der Waals surface area contributed by atoms with Gasteiger partial charge in [-0.05, 0) is 0 Å². The molecule has 0 fully saturated rings. The predicted octanol–water partition coefficient (Wildman–Crippen LogP) is -4.00. The summed E-state index contributed by atoms with van der Waals surface area (Å²) >= 11 is 0. The largest absolute Gasteiger partial charge is 2.00 e. The Morgan fingerprint density at radius 2 is 0.667 bits per heavy atom. The first-order valence-electron chi connectivity index (χ1n) is 0. The van der Waals surface area contributed by atoms with Gasteiger partial charge in [0.2, 0.25) is 0 Å². The van der Waals surface area contributed by atoms with Gasteiger partial charge in [-0.1, -0.05) is 0 Å². The molecule has 6 heteroatoms. The standard InChI is InChI=1S/FH.2Mg.2O.V/h1H;;;;;/q;2*+2;2*-2;/p-1. The molecule has 0 heterocycles. The molecule has 0 saturated heterocycles. The van der Waals surface area contributed by atoms with Crippen molar-refractivity contribution in [1.82, 2.24) is 0 Å². The molecule has 0 aliphatic heterocycles. The van der Waals surface area contributed by atoms with Gasteiger partial charge in [0.1, 0.15) is 0 Å². The number of hydrogen-bond acceptors (Lipinski definition) is 0. The van der Waals surface area contributed by atoms with Gasteiger partial charge in [0.15, 0.2) is 0 Å². The third-order valence-electron chi connectivity index (χ3n) is 0. The minimum Gasteiger partial charge on any atom is -2.00 e. The summed E-state index contributed by atoms with van der Waals surface area (Å²) in [6, 6.07) is 0. The average molecular weight is 151 g/mol. The summed E-state index contributed by atoms with van der Waals surface area (Å²) in [6.45, 7) is 0. The van der Waals surface area contributed by atoms with E-state index in [1.54, 1.807) is 0 Å². The number of hydrogen-bond donors (Lipinski definition) is 0. The molecular weight excluding hydrogens is 151 g/mol. The zero-order valence-corrected chi connectivity index (χ0v) is 7.28. The Morgan fingerprint density at radius 3 is 0.667 bits per heavy atom. The quantitative estimate of drug-likeness (QED) is 0.316. The van der Waals surface area contributed by atoms with Crippen molar-refractivity contribution in [3.8, 4) is 0 Å². The van der Waals surface area contributed by atoms with Crippen LogP contribution in [0.1, 0.15) is 0 Å². The fourth-order valence-electron chi connectivity index (χ4n) is 0. The Labute approximate surface area is 79.6 Å². The third-order valence-corrected chi connectivity index (χ3v) is 0. The molecule has 0 spiro atoms. The van der Waals surface area contributed by atoms with Crippen LogP contribution in [-0.4, -0.2) is 46.1 Å². The maximum atomic E-state index is 0. The van der Waals surface area contributed by atoms with Crippen molar-refractivity contribution in [2.45, 2.75) is 0 Å². The Balaban J connectivity index is 0. The molecule has 0 atom stereocenters. The summed E-state index contributed by atoms with van der Waals surface area (Å²) in [7, 11) is 0. The molecule has 0 bridgehead atoms. The molecule has 0 aromatic rings. The van der Waals surface area contributed by atoms with Gasteiger partial charge < -0.3 is 15.7 Å². The van der Waals surface area contributed by atoms with Crippen molar-refractivity contribution in [2.75, 3.05) is 0 Å². The van der Waals surface area contributed by atoms with E-state index in [0.29, 0.717) is 0 Å². The molecular formula is FMg2O2V-. The topological polar surface area (TPSA) is 57.0 Å². The molecule has 0 saturated carbocycles. The van der Waals surface area contributed by atoms with E-state index in [4.69, 9.17) is 0 Å². The zero-order chi connectivity index (χ0) is 0. The second-order valence-corrected chi connectivity index (χ2v) is 0. The third kappa shape index (κ3) is 38.1. The van der Waals surface area contributed by atoms with Crippen LogP contribution in [0.15, 0.2) is 0 Å². The van der Waals surface area contributed by atoms with E-state index in [-0.39, 0.29) is 80.3 Å². The SMILES string of the molecule is [F-].[Mg+2].[Mg+2].[O-2].[O-2].[V]. The molecule has 6 heavy (non-hydrogen) atoms. The van der Waals surface area contributed by atoms with Crippen molar-refractivity contribution < 1.29 is 34.2 Å². The molecule has 29 valence electrons. The van der Waals surface area contributed by atoms with E-state index in [9.17, 15) is 0 Å². The maximum absolute atomic E-state index is 0. The number of rotatable bonds is 0. The van der Waals surface area contributed by atoms with Crippen LogP contribution < -0.4 is 4.70 Å². The van der Waals surface area contributed by atoms with E-state index < -0.39 is 0 Å². The Kier molecular flexibility index (Phi) is 1070. The Bertz CT molecular complexity index is 11.5. The summed E-state index contributed by atoms with van der Waals surface area (Å²) in [5.74, 6) is 0. The Morgan fingerprint density at radius 1 is 0.667 bits per heavy atom. The maximum Gasteiger partial charge on any atom is 2.00 e. The van der Waals surface area contributed by atoms with E-state index >= 15 is 0 Å². The van der Waals surface area contributed by atoms with E-state index in [0.717, 1.165) is 0 Å². The second kappa shape index (κ2) is 64.1. The fourth-order valence-corrected chi connectivity index (χ4v) is 0. The normalized spacial score (nSPS) is 0. The van der Waals surface area contributed by atoms with Crippen LogP contribution in [0.4, 0.5) is 0 Å². The zero-order valence-electron chi connectivity index (χ0n) is 3.06. The van der Waals surface area contributed by atoms with Crippen LogP contribution >= 0.6 is 0 Å². The molecule has 0 amide bonds. The van der Waals surface area contributed by atoms with E-state index in [1.165, 1.54) is 0 Å². The first kappa shape index (κ1) is 100.0. The van der Waals surface area contributed by atoms with E-state index in [2.05, 4.69) is 0 Å². The van der Waals surface area contributed by atoms with Crippen LogP contribution in [0.25, 0.3) is 0 Å². The van der Waals surface area contributed by atoms with Gasteiger partial charge in [-0.15, -0.1) is 0 Å². The summed E-state index contributed by atoms with van der Waals surface area (Å²) in [5, 5.41) is 0. The minimum atomic E-state index is 0. The summed E-state index contributed by atoms with van der Waals surface area (Å²) < 4.78 is 0. The smallest absolute Gasteiger partial charge is 2.00 e. The van der Waals surface area contributed by atoms with Gasteiger partial charge in [0, 0.05) is 18.6 Å². The van der Waals surface area contributed by atoms with Gasteiger partial charge in [-0.2, -0.15) is 0 Å². The molecule has 1 radical (unpaired) electrons. The average Bonchev–Trinajstić information content (AvgIpc) is 0. The molecule has 0 unspecified atom stereocenters. The summed E-state index contributed by atoms with van der Waals surface area (Å²) in [5.41, 5.74) is 0. The first-order valence-corrected chi connectivity index (χ1v) is 0. The minimum absolute atomic E-state index is 0. The fraction of sp³-hybridized carbons (Fsp3) is 0. The monoisotopic (exact) mass is 150 g/mol. The van der Waals surface area contributed by atoms with Crippen LogP contribution in [-0.2, 0) is 29.5 Å².